The van der Waals surface area contributed by atoms with E-state index in [-0.39, 0.29) is 12.8 Å². The van der Waals surface area contributed by atoms with E-state index in [9.17, 15) is 23.7 Å². The first-order chi connectivity index (χ1) is 12.7. The predicted molar refractivity (Wildman–Crippen MR) is 109 cm³/mol. The number of hydrogen-bond donors (Lipinski definition) is 5. The normalized spacial score (nSPS) is 15.4. The summed E-state index contributed by atoms with van der Waals surface area (Å²) in [5, 5.41) is 14.4. The van der Waals surface area contributed by atoms with Gasteiger partial charge in [0, 0.05) is 22.8 Å². The minimum Gasteiger partial charge on any atom is -0.480 e. The molecule has 158 valence electrons. The molecule has 0 saturated carbocycles. The van der Waals surface area contributed by atoms with Crippen molar-refractivity contribution >= 4 is 40.3 Å². The molecule has 0 aromatic heterocycles. The monoisotopic (exact) mass is 424 g/mol. The van der Waals surface area contributed by atoms with Gasteiger partial charge in [0.25, 0.3) is 0 Å². The molecule has 9 nitrogen and oxygen atoms in total. The van der Waals surface area contributed by atoms with Gasteiger partial charge < -0.3 is 27.2 Å². The zero-order valence-electron chi connectivity index (χ0n) is 15.9. The molecule has 0 heterocycles. The van der Waals surface area contributed by atoms with Crippen LogP contribution in [-0.2, 0) is 25.2 Å². The topological polar surface area (TPSA) is 165 Å². The minimum atomic E-state index is -1.13. The maximum absolute atomic E-state index is 12.5. The molecule has 0 aromatic carbocycles. The molecule has 0 spiro atoms. The zero-order chi connectivity index (χ0) is 20.8. The smallest absolute Gasteiger partial charge is 0.326 e. The standard InChI is InChI=1S/C16H32N4O5S2/c1-26-9-6-12(19-14(21)11(18)7-10-27(2)25)15(22)20-13(16(23)24)5-3-4-8-17/h11-13H,3-10,17-18H2,1-2H3,(H,19,21)(H,20,22)(H,23,24). The van der Waals surface area contributed by atoms with Crippen LogP contribution in [0.3, 0.4) is 0 Å². The maximum atomic E-state index is 12.5. The van der Waals surface area contributed by atoms with Crippen LogP contribution < -0.4 is 22.1 Å². The van der Waals surface area contributed by atoms with Crippen molar-refractivity contribution in [3.63, 3.8) is 0 Å². The van der Waals surface area contributed by atoms with Gasteiger partial charge in [0.05, 0.1) is 6.04 Å². The molecule has 0 aliphatic rings. The van der Waals surface area contributed by atoms with Crippen molar-refractivity contribution in [2.75, 3.05) is 30.6 Å². The zero-order valence-corrected chi connectivity index (χ0v) is 17.6. The average molecular weight is 425 g/mol. The van der Waals surface area contributed by atoms with Gasteiger partial charge in [-0.15, -0.1) is 0 Å². The predicted octanol–water partition coefficient (Wildman–Crippen LogP) is -0.981. The Balaban J connectivity index is 4.87. The highest BCUT2D eigenvalue weighted by molar-refractivity contribution is 7.98. The van der Waals surface area contributed by atoms with E-state index in [4.69, 9.17) is 11.5 Å². The van der Waals surface area contributed by atoms with Crippen LogP contribution in [0.1, 0.15) is 32.1 Å². The van der Waals surface area contributed by atoms with E-state index in [2.05, 4.69) is 10.6 Å². The highest BCUT2D eigenvalue weighted by atomic mass is 32.2. The fraction of sp³-hybridized carbons (Fsp3) is 0.812. The second kappa shape index (κ2) is 14.8. The summed E-state index contributed by atoms with van der Waals surface area (Å²) >= 11 is 1.51. The number of nitrogens with two attached hydrogens (primary N) is 2. The number of hydrogen-bond acceptors (Lipinski definition) is 7. The Kier molecular flexibility index (Phi) is 14.2. The van der Waals surface area contributed by atoms with Crippen LogP contribution in [0.25, 0.3) is 0 Å². The molecule has 7 N–H and O–H groups in total. The first-order valence-corrected chi connectivity index (χ1v) is 11.9. The number of aliphatic carboxylic acids is 1. The fourth-order valence-electron chi connectivity index (χ4n) is 2.23. The third-order valence-corrected chi connectivity index (χ3v) is 5.31. The van der Waals surface area contributed by atoms with Gasteiger partial charge in [-0.05, 0) is 50.7 Å². The summed E-state index contributed by atoms with van der Waals surface area (Å²) in [6.45, 7) is 0.452. The first kappa shape index (κ1) is 25.8. The highest BCUT2D eigenvalue weighted by Crippen LogP contribution is 2.06. The number of carbonyl (C=O) groups is 3. The fourth-order valence-corrected chi connectivity index (χ4v) is 3.29. The number of carboxylic acid groups (broad SMARTS) is 1. The lowest BCUT2D eigenvalue weighted by atomic mass is 10.1. The number of rotatable bonds is 15. The Morgan fingerprint density at radius 1 is 1.07 bits per heavy atom. The molecule has 11 heteroatoms. The quantitative estimate of drug-likeness (QED) is 0.209. The Labute approximate surface area is 167 Å². The molecule has 0 saturated heterocycles. The van der Waals surface area contributed by atoms with Crippen LogP contribution >= 0.6 is 11.8 Å². The lowest BCUT2D eigenvalue weighted by Gasteiger charge is -2.22. The maximum Gasteiger partial charge on any atom is 0.326 e. The third kappa shape index (κ3) is 12.0. The number of carboxylic acids is 1. The molecule has 0 aromatic rings. The van der Waals surface area contributed by atoms with Crippen molar-refractivity contribution in [3.8, 4) is 0 Å². The van der Waals surface area contributed by atoms with E-state index in [1.807, 2.05) is 6.26 Å². The summed E-state index contributed by atoms with van der Waals surface area (Å²) in [6, 6.07) is -2.79. The molecule has 0 aliphatic carbocycles. The van der Waals surface area contributed by atoms with Crippen LogP contribution in [0.5, 0.6) is 0 Å². The number of thioether (sulfide) groups is 1. The van der Waals surface area contributed by atoms with Gasteiger partial charge in [0.1, 0.15) is 12.1 Å². The summed E-state index contributed by atoms with van der Waals surface area (Å²) in [5.74, 6) is -1.30. The Bertz CT molecular complexity index is 507. The van der Waals surface area contributed by atoms with Crippen molar-refractivity contribution in [3.05, 3.63) is 0 Å². The summed E-state index contributed by atoms with van der Waals surface area (Å²) in [7, 11) is -1.06. The summed E-state index contributed by atoms with van der Waals surface area (Å²) < 4.78 is 11.1. The van der Waals surface area contributed by atoms with Crippen LogP contribution in [-0.4, -0.2) is 75.8 Å². The van der Waals surface area contributed by atoms with Gasteiger partial charge in [0.2, 0.25) is 11.8 Å². The van der Waals surface area contributed by atoms with Crippen LogP contribution in [0.15, 0.2) is 0 Å². The van der Waals surface area contributed by atoms with Crippen molar-refractivity contribution < 1.29 is 23.7 Å². The van der Waals surface area contributed by atoms with Gasteiger partial charge in [-0.2, -0.15) is 11.8 Å². The third-order valence-electron chi connectivity index (χ3n) is 3.86. The van der Waals surface area contributed by atoms with E-state index in [0.717, 1.165) is 0 Å². The second-order valence-electron chi connectivity index (χ2n) is 6.20. The Morgan fingerprint density at radius 2 is 1.70 bits per heavy atom. The first-order valence-electron chi connectivity index (χ1n) is 8.81. The summed E-state index contributed by atoms with van der Waals surface area (Å²) in [6.07, 6.45) is 5.49. The molecule has 4 atom stereocenters. The van der Waals surface area contributed by atoms with Crippen LogP contribution in [0, 0.1) is 0 Å². The molecule has 0 radical (unpaired) electrons. The molecule has 0 aliphatic heterocycles. The molecule has 0 fully saturated rings. The Morgan fingerprint density at radius 3 is 2.22 bits per heavy atom. The molecule has 27 heavy (non-hydrogen) atoms. The molecule has 0 rings (SSSR count). The van der Waals surface area contributed by atoms with E-state index in [1.165, 1.54) is 18.0 Å². The van der Waals surface area contributed by atoms with Crippen LogP contribution in [0.2, 0.25) is 0 Å². The number of unbranched alkanes of at least 4 members (excludes halogenated alkanes) is 1. The lowest BCUT2D eigenvalue weighted by Crippen LogP contribution is -2.54. The largest absolute Gasteiger partial charge is 0.480 e. The number of carbonyl (C=O) groups excluding carboxylic acids is 2. The van der Waals surface area contributed by atoms with E-state index >= 15 is 0 Å². The van der Waals surface area contributed by atoms with E-state index < -0.39 is 46.7 Å². The Hall–Kier alpha value is -1.17. The molecular formula is C16H32N4O5S2. The van der Waals surface area contributed by atoms with Crippen molar-refractivity contribution in [2.45, 2.75) is 50.2 Å². The van der Waals surface area contributed by atoms with Gasteiger partial charge >= 0.3 is 5.97 Å². The second-order valence-corrected chi connectivity index (χ2v) is 8.74. The lowest BCUT2D eigenvalue weighted by molar-refractivity contribution is -0.142. The molecule has 0 bridgehead atoms. The van der Waals surface area contributed by atoms with Crippen molar-refractivity contribution in [1.29, 1.82) is 0 Å². The van der Waals surface area contributed by atoms with Crippen molar-refractivity contribution in [2.24, 2.45) is 11.5 Å². The molecular weight excluding hydrogens is 392 g/mol. The number of amides is 2. The number of nitrogens with one attached hydrogen (secondary N) is 2. The molecule has 2 amide bonds. The van der Waals surface area contributed by atoms with Gasteiger partial charge in [-0.3, -0.25) is 13.8 Å². The summed E-state index contributed by atoms with van der Waals surface area (Å²) in [5.41, 5.74) is 11.2. The molecule has 4 unspecified atom stereocenters. The highest BCUT2D eigenvalue weighted by Gasteiger charge is 2.27. The van der Waals surface area contributed by atoms with Gasteiger partial charge in [-0.1, -0.05) is 0 Å². The van der Waals surface area contributed by atoms with E-state index in [1.54, 1.807) is 0 Å². The van der Waals surface area contributed by atoms with Gasteiger partial charge in [-0.25, -0.2) is 4.79 Å². The van der Waals surface area contributed by atoms with E-state index in [0.29, 0.717) is 37.3 Å². The average Bonchev–Trinajstić information content (AvgIpc) is 2.61. The van der Waals surface area contributed by atoms with Crippen molar-refractivity contribution in [1.82, 2.24) is 10.6 Å². The SMILES string of the molecule is CSCCC(NC(=O)C(N)CCS(C)=O)C(=O)NC(CCCCN)C(=O)O. The van der Waals surface area contributed by atoms with Gasteiger partial charge in [0.15, 0.2) is 0 Å². The minimum absolute atomic E-state index is 0.239. The van der Waals surface area contributed by atoms with Crippen LogP contribution in [0.4, 0.5) is 0 Å². The summed E-state index contributed by atoms with van der Waals surface area (Å²) in [4.78, 5) is 36.1.